The molecule has 16 heavy (non-hydrogen) atoms. The van der Waals surface area contributed by atoms with E-state index in [4.69, 9.17) is 5.73 Å². The molecular weight excluding hydrogens is 225 g/mol. The minimum atomic E-state index is -3.08. The largest absolute Gasteiger partial charge is 0.469 e. The first-order valence-corrected chi connectivity index (χ1v) is 4.25. The molecule has 1 rings (SSSR count). The van der Waals surface area contributed by atoms with Crippen LogP contribution in [0.25, 0.3) is 0 Å². The number of nitrogens with two attached hydrogens (primary N) is 1. The lowest BCUT2D eigenvalue weighted by molar-refractivity contribution is -0.139. The average molecular weight is 234 g/mol. The van der Waals surface area contributed by atoms with Crippen molar-refractivity contribution in [2.45, 2.75) is 12.8 Å². The summed E-state index contributed by atoms with van der Waals surface area (Å²) in [6.45, 7) is 0. The maximum Gasteiger partial charge on any atom is 0.310 e. The van der Waals surface area contributed by atoms with Gasteiger partial charge in [0.1, 0.15) is 11.5 Å². The molecule has 7 heteroatoms. The van der Waals surface area contributed by atoms with Gasteiger partial charge in [-0.2, -0.15) is 0 Å². The lowest BCUT2D eigenvalue weighted by Crippen LogP contribution is -2.10. The second-order valence-electron chi connectivity index (χ2n) is 2.96. The summed E-state index contributed by atoms with van der Waals surface area (Å²) in [7, 11) is 1.11. The zero-order valence-electron chi connectivity index (χ0n) is 8.34. The van der Waals surface area contributed by atoms with Crippen LogP contribution in [0.15, 0.2) is 6.07 Å². The van der Waals surface area contributed by atoms with Crippen LogP contribution < -0.4 is 5.73 Å². The molecule has 0 amide bonds. The number of aromatic nitrogens is 1. The van der Waals surface area contributed by atoms with Gasteiger partial charge in [0.25, 0.3) is 6.43 Å². The van der Waals surface area contributed by atoms with E-state index in [1.165, 1.54) is 0 Å². The third kappa shape index (κ3) is 2.62. The van der Waals surface area contributed by atoms with Crippen LogP contribution in [0.1, 0.15) is 17.7 Å². The summed E-state index contributed by atoms with van der Waals surface area (Å²) in [6, 6.07) is 1.03. The molecule has 2 N–H and O–H groups in total. The molecule has 0 saturated heterocycles. The van der Waals surface area contributed by atoms with Crippen molar-refractivity contribution < 1.29 is 22.7 Å². The van der Waals surface area contributed by atoms with E-state index in [-0.39, 0.29) is 11.4 Å². The van der Waals surface area contributed by atoms with Gasteiger partial charge in [-0.25, -0.2) is 18.2 Å². The molecule has 0 radical (unpaired) electrons. The first kappa shape index (κ1) is 12.3. The van der Waals surface area contributed by atoms with Crippen LogP contribution in [-0.4, -0.2) is 18.1 Å². The molecular formula is C9H9F3N2O2. The van der Waals surface area contributed by atoms with Gasteiger partial charge in [0.2, 0.25) is 0 Å². The molecule has 0 fully saturated rings. The third-order valence-corrected chi connectivity index (χ3v) is 1.85. The number of carbonyl (C=O) groups excluding carboxylic acids is 1. The summed E-state index contributed by atoms with van der Waals surface area (Å²) in [5.41, 5.74) is 3.91. The first-order chi connectivity index (χ1) is 7.45. The molecule has 0 aromatic carbocycles. The molecule has 0 unspecified atom stereocenters. The quantitative estimate of drug-likeness (QED) is 0.804. The molecule has 4 nitrogen and oxygen atoms in total. The number of alkyl halides is 2. The summed E-state index contributed by atoms with van der Waals surface area (Å²) in [5.74, 6) is -2.24. The maximum atomic E-state index is 13.4. The number of rotatable bonds is 3. The molecule has 1 heterocycles. The number of hydrogen-bond acceptors (Lipinski definition) is 4. The normalized spacial score (nSPS) is 10.6. The number of methoxy groups -OCH3 is 1. The number of nitrogens with zero attached hydrogens (tertiary/aromatic N) is 1. The van der Waals surface area contributed by atoms with Crippen LogP contribution in [0.5, 0.6) is 0 Å². The highest BCUT2D eigenvalue weighted by Crippen LogP contribution is 2.24. The van der Waals surface area contributed by atoms with Crippen LogP contribution in [0, 0.1) is 5.82 Å². The molecule has 0 bridgehead atoms. The van der Waals surface area contributed by atoms with Crippen LogP contribution in [0.3, 0.4) is 0 Å². The van der Waals surface area contributed by atoms with E-state index in [0.29, 0.717) is 0 Å². The fourth-order valence-electron chi connectivity index (χ4n) is 1.13. The summed E-state index contributed by atoms with van der Waals surface area (Å²) in [5, 5.41) is 0. The Morgan fingerprint density at radius 2 is 2.25 bits per heavy atom. The SMILES string of the molecule is COC(=O)Cc1cc(N)nc(C(F)F)c1F. The molecule has 0 spiro atoms. The van der Waals surface area contributed by atoms with E-state index in [0.717, 1.165) is 13.2 Å². The van der Waals surface area contributed by atoms with Crippen molar-refractivity contribution in [2.24, 2.45) is 0 Å². The van der Waals surface area contributed by atoms with Crippen molar-refractivity contribution in [3.63, 3.8) is 0 Å². The number of halogens is 3. The second-order valence-corrected chi connectivity index (χ2v) is 2.96. The first-order valence-electron chi connectivity index (χ1n) is 4.25. The summed E-state index contributed by atoms with van der Waals surface area (Å²) < 4.78 is 42.4. The highest BCUT2D eigenvalue weighted by atomic mass is 19.3. The van der Waals surface area contributed by atoms with Gasteiger partial charge in [-0.1, -0.05) is 0 Å². The van der Waals surface area contributed by atoms with E-state index >= 15 is 0 Å². The van der Waals surface area contributed by atoms with E-state index < -0.39 is 30.3 Å². The number of ether oxygens (including phenoxy) is 1. The van der Waals surface area contributed by atoms with Crippen LogP contribution in [0.4, 0.5) is 19.0 Å². The van der Waals surface area contributed by atoms with Crippen molar-refractivity contribution in [2.75, 3.05) is 12.8 Å². The lowest BCUT2D eigenvalue weighted by atomic mass is 10.1. The Labute approximate surface area is 89.2 Å². The van der Waals surface area contributed by atoms with Crippen molar-refractivity contribution in [1.82, 2.24) is 4.98 Å². The van der Waals surface area contributed by atoms with Gasteiger partial charge in [0, 0.05) is 5.56 Å². The van der Waals surface area contributed by atoms with Crippen molar-refractivity contribution in [1.29, 1.82) is 0 Å². The van der Waals surface area contributed by atoms with Crippen LogP contribution in [-0.2, 0) is 16.0 Å². The Balaban J connectivity index is 3.14. The third-order valence-electron chi connectivity index (χ3n) is 1.85. The standard InChI is InChI=1S/C9H9F3N2O2/c1-16-6(15)3-4-2-5(13)14-8(7(4)10)9(11)12/h2,9H,3H2,1H3,(H2,13,14). The number of nitrogen functional groups attached to an aromatic ring is 1. The monoisotopic (exact) mass is 234 g/mol. The summed E-state index contributed by atoms with van der Waals surface area (Å²) in [4.78, 5) is 14.1. The van der Waals surface area contributed by atoms with Crippen LogP contribution in [0.2, 0.25) is 0 Å². The number of hydrogen-bond donors (Lipinski definition) is 1. The fourth-order valence-corrected chi connectivity index (χ4v) is 1.13. The number of carbonyl (C=O) groups is 1. The Morgan fingerprint density at radius 1 is 1.62 bits per heavy atom. The summed E-state index contributed by atoms with van der Waals surface area (Å²) in [6.07, 6.45) is -3.55. The molecule has 0 atom stereocenters. The lowest BCUT2D eigenvalue weighted by Gasteiger charge is -2.07. The predicted octanol–water partition coefficient (Wildman–Crippen LogP) is 1.46. The zero-order valence-corrected chi connectivity index (χ0v) is 8.34. The Bertz CT molecular complexity index is 410. The van der Waals surface area contributed by atoms with Crippen molar-refractivity contribution >= 4 is 11.8 Å². The maximum absolute atomic E-state index is 13.4. The molecule has 0 aliphatic rings. The predicted molar refractivity (Wildman–Crippen MR) is 49.3 cm³/mol. The Kier molecular flexibility index (Phi) is 3.70. The van der Waals surface area contributed by atoms with Gasteiger partial charge in [0.15, 0.2) is 5.82 Å². The smallest absolute Gasteiger partial charge is 0.310 e. The molecule has 0 aliphatic heterocycles. The van der Waals surface area contributed by atoms with Crippen molar-refractivity contribution in [3.8, 4) is 0 Å². The topological polar surface area (TPSA) is 65.2 Å². The van der Waals surface area contributed by atoms with Gasteiger partial charge >= 0.3 is 5.97 Å². The molecule has 88 valence electrons. The van der Waals surface area contributed by atoms with E-state index in [9.17, 15) is 18.0 Å². The van der Waals surface area contributed by atoms with E-state index in [1.54, 1.807) is 0 Å². The van der Waals surface area contributed by atoms with E-state index in [1.807, 2.05) is 0 Å². The van der Waals surface area contributed by atoms with Gasteiger partial charge < -0.3 is 10.5 Å². The fraction of sp³-hybridized carbons (Fsp3) is 0.333. The molecule has 0 aliphatic carbocycles. The van der Waals surface area contributed by atoms with Crippen LogP contribution >= 0.6 is 0 Å². The van der Waals surface area contributed by atoms with Crippen molar-refractivity contribution in [3.05, 3.63) is 23.1 Å². The van der Waals surface area contributed by atoms with Gasteiger partial charge in [0.05, 0.1) is 13.5 Å². The molecule has 1 aromatic heterocycles. The highest BCUT2D eigenvalue weighted by molar-refractivity contribution is 5.72. The number of esters is 1. The zero-order chi connectivity index (χ0) is 12.3. The minimum Gasteiger partial charge on any atom is -0.469 e. The van der Waals surface area contributed by atoms with Gasteiger partial charge in [-0.15, -0.1) is 0 Å². The molecule has 0 saturated carbocycles. The second kappa shape index (κ2) is 4.82. The van der Waals surface area contributed by atoms with Gasteiger partial charge in [-0.3, -0.25) is 4.79 Å². The average Bonchev–Trinajstić information content (AvgIpc) is 2.22. The number of anilines is 1. The van der Waals surface area contributed by atoms with E-state index in [2.05, 4.69) is 9.72 Å². The number of pyridine rings is 1. The Morgan fingerprint density at radius 3 is 2.75 bits per heavy atom. The van der Waals surface area contributed by atoms with Gasteiger partial charge in [-0.05, 0) is 6.07 Å². The Hall–Kier alpha value is -1.79. The summed E-state index contributed by atoms with van der Waals surface area (Å²) >= 11 is 0. The minimum absolute atomic E-state index is 0.255. The highest BCUT2D eigenvalue weighted by Gasteiger charge is 2.21. The molecule has 1 aromatic rings.